The fourth-order valence-corrected chi connectivity index (χ4v) is 2.11. The molecule has 24 heavy (non-hydrogen) atoms. The molecule has 0 aliphatic heterocycles. The Balaban J connectivity index is 1.68. The molecule has 0 bridgehead atoms. The zero-order valence-corrected chi connectivity index (χ0v) is 12.8. The third-order valence-corrected chi connectivity index (χ3v) is 3.35. The average Bonchev–Trinajstić information content (AvgIpc) is 2.56. The minimum Gasteiger partial charge on any atom is -0.467 e. The number of carbonyl (C=O) groups excluding carboxylic acids is 1. The average molecular weight is 327 g/mol. The van der Waals surface area contributed by atoms with Gasteiger partial charge in [0.05, 0.1) is 6.07 Å². The van der Waals surface area contributed by atoms with Crippen LogP contribution in [0, 0.1) is 12.7 Å². The van der Waals surface area contributed by atoms with Gasteiger partial charge < -0.3 is 10.1 Å². The van der Waals surface area contributed by atoms with Crippen LogP contribution in [0.1, 0.15) is 5.56 Å². The van der Waals surface area contributed by atoms with Crippen LogP contribution < -0.4 is 15.6 Å². The number of carbonyl (C=O) groups is 1. The van der Waals surface area contributed by atoms with E-state index >= 15 is 0 Å². The maximum Gasteiger partial charge on any atom is 0.262 e. The van der Waals surface area contributed by atoms with E-state index in [0.29, 0.717) is 16.9 Å². The number of aryl methyl sites for hydroxylation is 1. The van der Waals surface area contributed by atoms with E-state index in [4.69, 9.17) is 4.74 Å². The number of halogens is 1. The Morgan fingerprint density at radius 3 is 2.92 bits per heavy atom. The lowest BCUT2D eigenvalue weighted by atomic mass is 10.2. The number of hydrogen-bond acceptors (Lipinski definition) is 4. The molecule has 7 heteroatoms. The third-order valence-electron chi connectivity index (χ3n) is 3.35. The number of nitrogens with one attached hydrogen (secondary N) is 1. The zero-order chi connectivity index (χ0) is 17.1. The van der Waals surface area contributed by atoms with Crippen molar-refractivity contribution in [1.82, 2.24) is 9.38 Å². The topological polar surface area (TPSA) is 72.7 Å². The molecule has 0 saturated carbocycles. The Hall–Kier alpha value is -3.22. The number of benzene rings is 1. The van der Waals surface area contributed by atoms with Crippen LogP contribution in [0.3, 0.4) is 0 Å². The minimum absolute atomic E-state index is 0.0523. The van der Waals surface area contributed by atoms with Crippen molar-refractivity contribution in [3.05, 3.63) is 70.4 Å². The number of pyridine rings is 1. The molecule has 0 atom stereocenters. The van der Waals surface area contributed by atoms with Crippen molar-refractivity contribution in [2.45, 2.75) is 6.92 Å². The SMILES string of the molecule is Cc1ccc(NC(=O)COc2cc(=O)n3ccccc3n2)cc1F. The summed E-state index contributed by atoms with van der Waals surface area (Å²) in [6.07, 6.45) is 1.59. The first kappa shape index (κ1) is 15.7. The lowest BCUT2D eigenvalue weighted by molar-refractivity contribution is -0.118. The van der Waals surface area contributed by atoms with E-state index < -0.39 is 11.7 Å². The van der Waals surface area contributed by atoms with Gasteiger partial charge in [-0.3, -0.25) is 14.0 Å². The van der Waals surface area contributed by atoms with E-state index in [9.17, 15) is 14.0 Å². The van der Waals surface area contributed by atoms with Crippen LogP contribution in [0.15, 0.2) is 53.5 Å². The number of ether oxygens (including phenoxy) is 1. The molecule has 0 radical (unpaired) electrons. The van der Waals surface area contributed by atoms with E-state index in [2.05, 4.69) is 10.3 Å². The second kappa shape index (κ2) is 6.49. The Morgan fingerprint density at radius 1 is 1.29 bits per heavy atom. The molecule has 1 amide bonds. The molecule has 2 aromatic heterocycles. The molecular weight excluding hydrogens is 313 g/mol. The van der Waals surface area contributed by atoms with Crippen LogP contribution in [0.4, 0.5) is 10.1 Å². The molecule has 0 fully saturated rings. The minimum atomic E-state index is -0.478. The second-order valence-corrected chi connectivity index (χ2v) is 5.16. The molecule has 1 aromatic carbocycles. The molecule has 6 nitrogen and oxygen atoms in total. The van der Waals surface area contributed by atoms with Crippen molar-refractivity contribution < 1.29 is 13.9 Å². The third kappa shape index (κ3) is 3.40. The van der Waals surface area contributed by atoms with Crippen LogP contribution in [0.25, 0.3) is 5.65 Å². The van der Waals surface area contributed by atoms with Crippen molar-refractivity contribution in [1.29, 1.82) is 0 Å². The number of rotatable bonds is 4. The number of aromatic nitrogens is 2. The summed E-state index contributed by atoms with van der Waals surface area (Å²) >= 11 is 0. The summed E-state index contributed by atoms with van der Waals surface area (Å²) < 4.78 is 20.1. The van der Waals surface area contributed by atoms with Gasteiger partial charge in [-0.25, -0.2) is 4.39 Å². The highest BCUT2D eigenvalue weighted by Gasteiger charge is 2.08. The van der Waals surface area contributed by atoms with Gasteiger partial charge in [-0.15, -0.1) is 0 Å². The standard InChI is InChI=1S/C17H14FN3O3/c1-11-5-6-12(8-13(11)18)19-15(22)10-24-16-9-17(23)21-7-3-2-4-14(21)20-16/h2-9H,10H2,1H3,(H,19,22). The fraction of sp³-hybridized carbons (Fsp3) is 0.118. The lowest BCUT2D eigenvalue weighted by Gasteiger charge is -2.08. The van der Waals surface area contributed by atoms with E-state index in [1.54, 1.807) is 43.5 Å². The monoisotopic (exact) mass is 327 g/mol. The predicted molar refractivity (Wildman–Crippen MR) is 86.7 cm³/mol. The van der Waals surface area contributed by atoms with Gasteiger partial charge in [0.1, 0.15) is 11.5 Å². The number of hydrogen-bond donors (Lipinski definition) is 1. The highest BCUT2D eigenvalue weighted by molar-refractivity contribution is 5.91. The molecule has 3 aromatic rings. The zero-order valence-electron chi connectivity index (χ0n) is 12.8. The van der Waals surface area contributed by atoms with Gasteiger partial charge in [0, 0.05) is 11.9 Å². The number of nitrogens with zero attached hydrogens (tertiary/aromatic N) is 2. The van der Waals surface area contributed by atoms with Crippen molar-refractivity contribution in [3.8, 4) is 5.88 Å². The predicted octanol–water partition coefficient (Wildman–Crippen LogP) is 2.16. The maximum atomic E-state index is 13.4. The van der Waals surface area contributed by atoms with E-state index in [1.165, 1.54) is 16.5 Å². The van der Waals surface area contributed by atoms with Crippen molar-refractivity contribution >= 4 is 17.2 Å². The summed E-state index contributed by atoms with van der Waals surface area (Å²) in [4.78, 5) is 27.9. The molecule has 122 valence electrons. The Labute approximate surface area is 136 Å². The lowest BCUT2D eigenvalue weighted by Crippen LogP contribution is -2.22. The highest BCUT2D eigenvalue weighted by Crippen LogP contribution is 2.13. The van der Waals surface area contributed by atoms with Gasteiger partial charge in [-0.05, 0) is 36.8 Å². The fourth-order valence-electron chi connectivity index (χ4n) is 2.11. The first-order chi connectivity index (χ1) is 11.5. The largest absolute Gasteiger partial charge is 0.467 e. The molecule has 3 rings (SSSR count). The molecule has 1 N–H and O–H groups in total. The van der Waals surface area contributed by atoms with Crippen LogP contribution in [0.5, 0.6) is 5.88 Å². The molecule has 0 spiro atoms. The van der Waals surface area contributed by atoms with Gasteiger partial charge in [0.25, 0.3) is 11.5 Å². The molecule has 0 unspecified atom stereocenters. The first-order valence-corrected chi connectivity index (χ1v) is 7.20. The molecule has 0 saturated heterocycles. The van der Waals surface area contributed by atoms with Crippen LogP contribution in [-0.2, 0) is 4.79 Å². The Kier molecular flexibility index (Phi) is 4.24. The highest BCUT2D eigenvalue weighted by atomic mass is 19.1. The number of amides is 1. The molecule has 0 aliphatic rings. The summed E-state index contributed by atoms with van der Waals surface area (Å²) in [5, 5.41) is 2.52. The van der Waals surface area contributed by atoms with Gasteiger partial charge in [-0.2, -0.15) is 4.98 Å². The molecular formula is C17H14FN3O3. The van der Waals surface area contributed by atoms with E-state index in [-0.39, 0.29) is 18.0 Å². The first-order valence-electron chi connectivity index (χ1n) is 7.20. The number of fused-ring (bicyclic) bond motifs is 1. The van der Waals surface area contributed by atoms with Crippen molar-refractivity contribution in [2.24, 2.45) is 0 Å². The summed E-state index contributed by atoms with van der Waals surface area (Å²) in [6.45, 7) is 1.29. The van der Waals surface area contributed by atoms with Gasteiger partial charge in [-0.1, -0.05) is 12.1 Å². The smallest absolute Gasteiger partial charge is 0.262 e. The summed E-state index contributed by atoms with van der Waals surface area (Å²) in [7, 11) is 0. The quantitative estimate of drug-likeness (QED) is 0.797. The Morgan fingerprint density at radius 2 is 2.12 bits per heavy atom. The Bertz CT molecular complexity index is 969. The van der Waals surface area contributed by atoms with Gasteiger partial charge >= 0.3 is 0 Å². The maximum absolute atomic E-state index is 13.4. The van der Waals surface area contributed by atoms with Crippen LogP contribution in [0.2, 0.25) is 0 Å². The second-order valence-electron chi connectivity index (χ2n) is 5.16. The van der Waals surface area contributed by atoms with E-state index in [0.717, 1.165) is 0 Å². The summed E-state index contributed by atoms with van der Waals surface area (Å²) in [6, 6.07) is 10.7. The summed E-state index contributed by atoms with van der Waals surface area (Å²) in [5.41, 5.74) is 0.931. The molecule has 2 heterocycles. The number of anilines is 1. The van der Waals surface area contributed by atoms with Crippen molar-refractivity contribution in [3.63, 3.8) is 0 Å². The van der Waals surface area contributed by atoms with E-state index in [1.807, 2.05) is 0 Å². The normalized spacial score (nSPS) is 10.6. The van der Waals surface area contributed by atoms with Crippen LogP contribution in [-0.4, -0.2) is 21.9 Å². The summed E-state index contributed by atoms with van der Waals surface area (Å²) in [5.74, 6) is -0.831. The molecule has 0 aliphatic carbocycles. The van der Waals surface area contributed by atoms with Gasteiger partial charge in [0.15, 0.2) is 6.61 Å². The van der Waals surface area contributed by atoms with Crippen LogP contribution >= 0.6 is 0 Å². The van der Waals surface area contributed by atoms with Crippen molar-refractivity contribution in [2.75, 3.05) is 11.9 Å². The van der Waals surface area contributed by atoms with Gasteiger partial charge in [0.2, 0.25) is 5.88 Å².